The van der Waals surface area contributed by atoms with E-state index in [1.165, 1.54) is 18.3 Å². The minimum absolute atomic E-state index is 0. The number of carbonyl (C=O) groups excluding carboxylic acids is 1. The van der Waals surface area contributed by atoms with E-state index in [1.54, 1.807) is 0 Å². The zero-order chi connectivity index (χ0) is 15.3. The lowest BCUT2D eigenvalue weighted by Gasteiger charge is -2.22. The molecule has 1 aromatic rings. The van der Waals surface area contributed by atoms with Crippen LogP contribution in [0.3, 0.4) is 0 Å². The van der Waals surface area contributed by atoms with Crippen LogP contribution in [-0.4, -0.2) is 49.5 Å². The Balaban J connectivity index is 0.00000242. The number of halogens is 5. The fraction of sp³-hybridized carbons (Fsp3) is 0.500. The molecule has 1 aliphatic rings. The second-order valence-corrected chi connectivity index (χ2v) is 4.34. The molecule has 0 saturated carbocycles. The molecule has 0 bridgehead atoms. The minimum Gasteiger partial charge on any atom is -0.468 e. The van der Waals surface area contributed by atoms with Crippen molar-refractivity contribution in [3.05, 3.63) is 18.3 Å². The van der Waals surface area contributed by atoms with E-state index in [-0.39, 0.29) is 36.6 Å². The maximum Gasteiger partial charge on any atom is 0.422 e. The summed E-state index contributed by atoms with van der Waals surface area (Å²) in [4.78, 5) is 15.5. The summed E-state index contributed by atoms with van der Waals surface area (Å²) in [5.74, 6) is -0.506. The van der Waals surface area contributed by atoms with Gasteiger partial charge >= 0.3 is 6.18 Å². The third kappa shape index (κ3) is 7.69. The Morgan fingerprint density at radius 2 is 2.17 bits per heavy atom. The monoisotopic (exact) mass is 377 g/mol. The normalized spacial score (nSPS) is 17.4. The molecule has 2 N–H and O–H groups in total. The van der Waals surface area contributed by atoms with Gasteiger partial charge in [0, 0.05) is 19.2 Å². The molecule has 1 amide bonds. The highest BCUT2D eigenvalue weighted by molar-refractivity contribution is 5.94. The molecule has 1 saturated heterocycles. The fourth-order valence-corrected chi connectivity index (χ4v) is 1.65. The molecule has 11 heteroatoms. The number of nitrogens with one attached hydrogen (secondary N) is 2. The zero-order valence-electron chi connectivity index (χ0n) is 11.8. The number of hydrogen-bond donors (Lipinski definition) is 2. The molecule has 1 unspecified atom stereocenters. The molecule has 1 aliphatic heterocycles. The first-order valence-corrected chi connectivity index (χ1v) is 6.23. The van der Waals surface area contributed by atoms with E-state index in [9.17, 15) is 18.0 Å². The van der Waals surface area contributed by atoms with Gasteiger partial charge in [0.1, 0.15) is 6.10 Å². The van der Waals surface area contributed by atoms with Gasteiger partial charge in [0.2, 0.25) is 5.88 Å². The van der Waals surface area contributed by atoms with Crippen LogP contribution in [0, 0.1) is 0 Å². The van der Waals surface area contributed by atoms with Crippen LogP contribution in [0.2, 0.25) is 0 Å². The highest BCUT2D eigenvalue weighted by atomic mass is 35.5. The average Bonchev–Trinajstić information content (AvgIpc) is 2.46. The zero-order valence-corrected chi connectivity index (χ0v) is 13.4. The van der Waals surface area contributed by atoms with Crippen molar-refractivity contribution in [3.8, 4) is 5.88 Å². The summed E-state index contributed by atoms with van der Waals surface area (Å²) in [7, 11) is 0. The predicted molar refractivity (Wildman–Crippen MR) is 81.5 cm³/mol. The summed E-state index contributed by atoms with van der Waals surface area (Å²) in [6.45, 7) is 0.135. The van der Waals surface area contributed by atoms with Gasteiger partial charge in [0.05, 0.1) is 18.5 Å². The Bertz CT molecular complexity index is 483. The molecule has 132 valence electrons. The van der Waals surface area contributed by atoms with Gasteiger partial charge in [-0.25, -0.2) is 4.98 Å². The van der Waals surface area contributed by atoms with Crippen LogP contribution >= 0.6 is 24.8 Å². The second-order valence-electron chi connectivity index (χ2n) is 4.34. The van der Waals surface area contributed by atoms with Crippen LogP contribution in [0.1, 0.15) is 0 Å². The molecule has 1 atom stereocenters. The fourth-order valence-electron chi connectivity index (χ4n) is 1.65. The summed E-state index contributed by atoms with van der Waals surface area (Å²) in [5.41, 5.74) is 0.355. The van der Waals surface area contributed by atoms with Gasteiger partial charge in [-0.1, -0.05) is 0 Å². The topological polar surface area (TPSA) is 72.5 Å². The summed E-state index contributed by atoms with van der Waals surface area (Å²) >= 11 is 0. The first kappa shape index (κ1) is 21.7. The van der Waals surface area contributed by atoms with Crippen molar-refractivity contribution in [2.24, 2.45) is 0 Å². The van der Waals surface area contributed by atoms with Crippen molar-refractivity contribution in [1.82, 2.24) is 10.3 Å². The number of rotatable bonds is 4. The van der Waals surface area contributed by atoms with Gasteiger partial charge in [-0.05, 0) is 6.07 Å². The molecule has 0 aliphatic carbocycles. The Morgan fingerprint density at radius 1 is 1.43 bits per heavy atom. The number of amides is 1. The van der Waals surface area contributed by atoms with Gasteiger partial charge in [0.25, 0.3) is 5.91 Å². The van der Waals surface area contributed by atoms with Crippen molar-refractivity contribution >= 4 is 36.4 Å². The second kappa shape index (κ2) is 9.76. The quantitative estimate of drug-likeness (QED) is 0.836. The van der Waals surface area contributed by atoms with E-state index in [4.69, 9.17) is 4.74 Å². The van der Waals surface area contributed by atoms with Crippen molar-refractivity contribution in [3.63, 3.8) is 0 Å². The molecule has 0 aromatic carbocycles. The Morgan fingerprint density at radius 3 is 2.70 bits per heavy atom. The number of nitrogens with zero attached hydrogens (tertiary/aromatic N) is 1. The van der Waals surface area contributed by atoms with Crippen LogP contribution in [0.5, 0.6) is 5.88 Å². The van der Waals surface area contributed by atoms with Gasteiger partial charge in [-0.3, -0.25) is 4.79 Å². The molecule has 23 heavy (non-hydrogen) atoms. The third-order valence-corrected chi connectivity index (χ3v) is 2.61. The third-order valence-electron chi connectivity index (χ3n) is 2.61. The van der Waals surface area contributed by atoms with Crippen LogP contribution in [0.25, 0.3) is 0 Å². The lowest BCUT2D eigenvalue weighted by Crippen LogP contribution is -2.45. The lowest BCUT2D eigenvalue weighted by atomic mass is 10.3. The van der Waals surface area contributed by atoms with Crippen molar-refractivity contribution in [1.29, 1.82) is 0 Å². The number of aromatic nitrogens is 1. The molecule has 1 fully saturated rings. The van der Waals surface area contributed by atoms with E-state index in [1.807, 2.05) is 0 Å². The summed E-state index contributed by atoms with van der Waals surface area (Å²) in [6.07, 6.45) is -3.79. The lowest BCUT2D eigenvalue weighted by molar-refractivity contribution is -0.154. The van der Waals surface area contributed by atoms with E-state index < -0.39 is 18.9 Å². The maximum atomic E-state index is 12.0. The number of ether oxygens (including phenoxy) is 2. The number of pyridine rings is 1. The highest BCUT2D eigenvalue weighted by Crippen LogP contribution is 2.18. The molecular formula is C12H16Cl2F3N3O3. The van der Waals surface area contributed by atoms with Crippen LogP contribution in [0.15, 0.2) is 18.3 Å². The Labute approximate surface area is 142 Å². The van der Waals surface area contributed by atoms with Crippen molar-refractivity contribution in [2.75, 3.05) is 31.6 Å². The van der Waals surface area contributed by atoms with Gasteiger partial charge in [0.15, 0.2) is 6.61 Å². The molecular weight excluding hydrogens is 362 g/mol. The number of anilines is 1. The van der Waals surface area contributed by atoms with Crippen LogP contribution in [0.4, 0.5) is 18.9 Å². The first-order valence-electron chi connectivity index (χ1n) is 6.23. The van der Waals surface area contributed by atoms with Crippen LogP contribution < -0.4 is 15.4 Å². The molecule has 2 heterocycles. The minimum atomic E-state index is -4.42. The maximum absolute atomic E-state index is 12.0. The van der Waals surface area contributed by atoms with Gasteiger partial charge in [-0.2, -0.15) is 13.2 Å². The predicted octanol–water partition coefficient (Wildman–Crippen LogP) is 1.79. The van der Waals surface area contributed by atoms with Gasteiger partial charge in [-0.15, -0.1) is 24.8 Å². The molecule has 0 radical (unpaired) electrons. The molecule has 0 spiro atoms. The molecule has 1 aromatic heterocycles. The molecule has 2 rings (SSSR count). The summed E-state index contributed by atoms with van der Waals surface area (Å²) in [5, 5.41) is 5.58. The first-order chi connectivity index (χ1) is 9.94. The number of morpholine rings is 1. The number of alkyl halides is 3. The average molecular weight is 378 g/mol. The Hall–Kier alpha value is -1.29. The van der Waals surface area contributed by atoms with E-state index >= 15 is 0 Å². The smallest absolute Gasteiger partial charge is 0.422 e. The summed E-state index contributed by atoms with van der Waals surface area (Å²) < 4.78 is 45.6. The highest BCUT2D eigenvalue weighted by Gasteiger charge is 2.28. The van der Waals surface area contributed by atoms with E-state index in [2.05, 4.69) is 20.4 Å². The molecule has 6 nitrogen and oxygen atoms in total. The van der Waals surface area contributed by atoms with E-state index in [0.717, 1.165) is 0 Å². The summed E-state index contributed by atoms with van der Waals surface area (Å²) in [6, 6.07) is 2.66. The number of hydrogen-bond acceptors (Lipinski definition) is 5. The van der Waals surface area contributed by atoms with E-state index in [0.29, 0.717) is 25.4 Å². The Kier molecular flexibility index (Phi) is 9.21. The van der Waals surface area contributed by atoms with Gasteiger partial charge < -0.3 is 20.1 Å². The van der Waals surface area contributed by atoms with Crippen molar-refractivity contribution < 1.29 is 27.4 Å². The number of carbonyl (C=O) groups is 1. The SMILES string of the molecule is Cl.Cl.O=C(Nc1ccc(OCC(F)(F)F)nc1)C1CNCCO1. The largest absolute Gasteiger partial charge is 0.468 e. The van der Waals surface area contributed by atoms with Crippen LogP contribution in [-0.2, 0) is 9.53 Å². The van der Waals surface area contributed by atoms with Crippen molar-refractivity contribution in [2.45, 2.75) is 12.3 Å². The standard InChI is InChI=1S/C12H14F3N3O3.2ClH/c13-12(14,15)7-21-10-2-1-8(5-17-10)18-11(19)9-6-16-3-4-20-9;;/h1-2,5,9,16H,3-4,6-7H2,(H,18,19);2*1H.